The molecule has 1 aromatic carbocycles. The highest BCUT2D eigenvalue weighted by Crippen LogP contribution is 2.19. The van der Waals surface area contributed by atoms with Gasteiger partial charge in [0.15, 0.2) is 0 Å². The summed E-state index contributed by atoms with van der Waals surface area (Å²) in [6, 6.07) is 5.85. The van der Waals surface area contributed by atoms with E-state index in [1.807, 2.05) is 0 Å². The summed E-state index contributed by atoms with van der Waals surface area (Å²) in [5.74, 6) is -0.0804. The molecule has 2 aromatic heterocycles. The second-order valence-electron chi connectivity index (χ2n) is 5.98. The van der Waals surface area contributed by atoms with E-state index in [9.17, 15) is 30.0 Å². The highest BCUT2D eigenvalue weighted by Gasteiger charge is 2.28. The minimum atomic E-state index is -1.66. The Morgan fingerprint density at radius 1 is 1.04 bits per heavy atom. The summed E-state index contributed by atoms with van der Waals surface area (Å²) in [5.41, 5.74) is -0.954. The fraction of sp³-hybridized carbons (Fsp3) is 0.312. The lowest BCUT2D eigenvalue weighted by molar-refractivity contribution is -0.656. The van der Waals surface area contributed by atoms with Crippen LogP contribution >= 0.6 is 0 Å². The third-order valence-corrected chi connectivity index (χ3v) is 4.18. The molecule has 0 saturated carbocycles. The molecule has 0 aliphatic heterocycles. The molecule has 0 unspecified atom stereocenters. The fourth-order valence-electron chi connectivity index (χ4n) is 2.84. The van der Waals surface area contributed by atoms with Gasteiger partial charge in [-0.2, -0.15) is 4.98 Å². The van der Waals surface area contributed by atoms with E-state index in [0.717, 1.165) is 0 Å². The average Bonchev–Trinajstić information content (AvgIpc) is 2.61. The number of nitrogens with zero attached hydrogens (tertiary/aromatic N) is 1. The molecule has 10 heteroatoms. The topological polar surface area (TPSA) is 171 Å². The summed E-state index contributed by atoms with van der Waals surface area (Å²) in [7, 11) is 0. The van der Waals surface area contributed by atoms with E-state index in [1.54, 1.807) is 6.07 Å². The van der Waals surface area contributed by atoms with Crippen molar-refractivity contribution >= 4 is 21.9 Å². The number of rotatable bonds is 5. The van der Waals surface area contributed by atoms with E-state index in [-0.39, 0.29) is 23.3 Å². The molecule has 3 rings (SSSR count). The predicted octanol–water partition coefficient (Wildman–Crippen LogP) is -2.56. The number of fused-ring (bicyclic) bond motifs is 2. The molecule has 0 aliphatic carbocycles. The Hall–Kier alpha value is -2.79. The van der Waals surface area contributed by atoms with Gasteiger partial charge >= 0.3 is 5.69 Å². The molecule has 2 heterocycles. The van der Waals surface area contributed by atoms with Gasteiger partial charge in [0.1, 0.15) is 41.5 Å². The number of aromatic amines is 2. The minimum Gasteiger partial charge on any atom is -0.508 e. The predicted molar refractivity (Wildman–Crippen MR) is 89.7 cm³/mol. The Labute approximate surface area is 145 Å². The lowest BCUT2D eigenvalue weighted by atomic mass is 10.1. The van der Waals surface area contributed by atoms with Crippen LogP contribution in [0.5, 0.6) is 5.75 Å². The first-order chi connectivity index (χ1) is 12.3. The number of aliphatic hydroxyl groups is 4. The number of hydrogen-bond donors (Lipinski definition) is 7. The molecule has 138 valence electrons. The summed E-state index contributed by atoms with van der Waals surface area (Å²) in [6.45, 7) is -1.08. The molecule has 3 atom stereocenters. The fourth-order valence-corrected chi connectivity index (χ4v) is 2.84. The minimum absolute atomic E-state index is 0.0709. The smallest absolute Gasteiger partial charge is 0.413 e. The van der Waals surface area contributed by atoms with Crippen LogP contribution in [0, 0.1) is 0 Å². The van der Waals surface area contributed by atoms with E-state index in [4.69, 9.17) is 5.11 Å². The SMILES string of the molecule is O=c1[nH]c(=O)c2cc3ccc(O)cc3[n+](C[C@@H](O)[C@H](O)[C@@H](O)CO)c2[nH]1. The van der Waals surface area contributed by atoms with Crippen LogP contribution in [0.3, 0.4) is 0 Å². The number of aliphatic hydroxyl groups excluding tert-OH is 4. The number of pyridine rings is 1. The van der Waals surface area contributed by atoms with Crippen LogP contribution < -0.4 is 15.8 Å². The van der Waals surface area contributed by atoms with Crippen molar-refractivity contribution in [3.05, 3.63) is 45.1 Å². The number of nitrogens with one attached hydrogen (secondary N) is 2. The first-order valence-corrected chi connectivity index (χ1v) is 7.78. The maximum absolute atomic E-state index is 12.1. The second-order valence-corrected chi connectivity index (χ2v) is 5.98. The number of hydrogen-bond acceptors (Lipinski definition) is 7. The zero-order valence-corrected chi connectivity index (χ0v) is 13.5. The van der Waals surface area contributed by atoms with E-state index < -0.39 is 36.2 Å². The molecule has 0 fully saturated rings. The molecular weight excluding hydrogens is 346 g/mol. The van der Waals surface area contributed by atoms with Crippen molar-refractivity contribution in [2.75, 3.05) is 6.61 Å². The quantitative estimate of drug-likeness (QED) is 0.193. The van der Waals surface area contributed by atoms with Gasteiger partial charge in [0.05, 0.1) is 6.61 Å². The Morgan fingerprint density at radius 3 is 2.46 bits per heavy atom. The maximum Gasteiger partial charge on any atom is 0.413 e. The van der Waals surface area contributed by atoms with Crippen molar-refractivity contribution in [1.82, 2.24) is 9.97 Å². The molecule has 3 aromatic rings. The highest BCUT2D eigenvalue weighted by molar-refractivity contribution is 5.87. The average molecular weight is 364 g/mol. The van der Waals surface area contributed by atoms with Gasteiger partial charge in [0.25, 0.3) is 11.2 Å². The van der Waals surface area contributed by atoms with Crippen LogP contribution in [0.2, 0.25) is 0 Å². The van der Waals surface area contributed by atoms with Gasteiger partial charge in [-0.25, -0.2) is 9.36 Å². The largest absolute Gasteiger partial charge is 0.508 e. The van der Waals surface area contributed by atoms with Crippen LogP contribution in [0.4, 0.5) is 0 Å². The molecule has 0 bridgehead atoms. The second kappa shape index (κ2) is 6.84. The van der Waals surface area contributed by atoms with Crippen LogP contribution in [0.1, 0.15) is 0 Å². The molecule has 0 saturated heterocycles. The molecule has 0 aliphatic rings. The maximum atomic E-state index is 12.1. The van der Waals surface area contributed by atoms with E-state index in [0.29, 0.717) is 10.9 Å². The van der Waals surface area contributed by atoms with Gasteiger partial charge in [-0.05, 0) is 18.2 Å². The lowest BCUT2D eigenvalue weighted by Crippen LogP contribution is -2.50. The van der Waals surface area contributed by atoms with Crippen LogP contribution in [0.25, 0.3) is 21.9 Å². The lowest BCUT2D eigenvalue weighted by Gasteiger charge is -2.21. The van der Waals surface area contributed by atoms with Gasteiger partial charge in [0.2, 0.25) is 0 Å². The summed E-state index contributed by atoms with van der Waals surface area (Å²) >= 11 is 0. The van der Waals surface area contributed by atoms with Crippen molar-refractivity contribution in [3.63, 3.8) is 0 Å². The Morgan fingerprint density at radius 2 is 1.77 bits per heavy atom. The van der Waals surface area contributed by atoms with Gasteiger partial charge in [0, 0.05) is 11.5 Å². The first-order valence-electron chi connectivity index (χ1n) is 7.78. The number of benzene rings is 1. The van der Waals surface area contributed by atoms with Crippen molar-refractivity contribution in [2.45, 2.75) is 24.9 Å². The molecular formula is C16H18N3O7+. The van der Waals surface area contributed by atoms with Crippen molar-refractivity contribution in [1.29, 1.82) is 0 Å². The molecule has 26 heavy (non-hydrogen) atoms. The van der Waals surface area contributed by atoms with Gasteiger partial charge in [-0.1, -0.05) is 0 Å². The van der Waals surface area contributed by atoms with Gasteiger partial charge in [-0.3, -0.25) is 9.78 Å². The Bertz CT molecular complexity index is 1080. The normalized spacial score (nSPS) is 15.2. The molecule has 10 nitrogen and oxygen atoms in total. The summed E-state index contributed by atoms with van der Waals surface area (Å²) in [5, 5.41) is 49.0. The summed E-state index contributed by atoms with van der Waals surface area (Å²) in [4.78, 5) is 28.4. The van der Waals surface area contributed by atoms with Crippen molar-refractivity contribution < 1.29 is 30.1 Å². The molecule has 7 N–H and O–H groups in total. The van der Waals surface area contributed by atoms with E-state index in [1.165, 1.54) is 22.8 Å². The van der Waals surface area contributed by atoms with Crippen LogP contribution in [-0.2, 0) is 6.54 Å². The van der Waals surface area contributed by atoms with Crippen LogP contribution in [-0.4, -0.2) is 60.4 Å². The monoisotopic (exact) mass is 364 g/mol. The van der Waals surface area contributed by atoms with Gasteiger partial charge in [-0.15, -0.1) is 0 Å². The number of aromatic nitrogens is 3. The number of H-pyrrole nitrogens is 2. The van der Waals surface area contributed by atoms with Crippen LogP contribution in [0.15, 0.2) is 33.9 Å². The number of aromatic hydroxyl groups is 1. The highest BCUT2D eigenvalue weighted by atomic mass is 16.4. The zero-order valence-electron chi connectivity index (χ0n) is 13.5. The molecule has 0 radical (unpaired) electrons. The summed E-state index contributed by atoms with van der Waals surface area (Å²) in [6.07, 6.45) is -4.76. The Balaban J connectivity index is 2.27. The molecule has 0 amide bonds. The number of phenols is 1. The van der Waals surface area contributed by atoms with Crippen molar-refractivity contribution in [2.24, 2.45) is 0 Å². The zero-order chi connectivity index (χ0) is 19.0. The third kappa shape index (κ3) is 3.18. The van der Waals surface area contributed by atoms with Crippen molar-refractivity contribution in [3.8, 4) is 5.75 Å². The standard InChI is InChI=1S/C16H17N3O7/c20-6-12(23)13(24)11(22)5-19-10-4-8(21)2-1-7(10)3-9-14(19)17-16(26)18-15(9)25/h1-4,11-13,20,22-24H,5-6H2,(H2,17,18,21,25,26)/p+1/t11-,12+,13+/m1/s1. The molecule has 0 spiro atoms. The third-order valence-electron chi connectivity index (χ3n) is 4.18. The van der Waals surface area contributed by atoms with E-state index >= 15 is 0 Å². The number of phenolic OH excluding ortho intramolecular Hbond substituents is 1. The summed E-state index contributed by atoms with van der Waals surface area (Å²) < 4.78 is 1.35. The Kier molecular flexibility index (Phi) is 4.74. The first kappa shape index (κ1) is 18.0. The van der Waals surface area contributed by atoms with E-state index in [2.05, 4.69) is 9.97 Å². The van der Waals surface area contributed by atoms with Gasteiger partial charge < -0.3 is 25.5 Å².